The van der Waals surface area contributed by atoms with Gasteiger partial charge in [0.2, 0.25) is 0 Å². The largest absolute Gasteiger partial charge is 0.355 e. The van der Waals surface area contributed by atoms with Crippen LogP contribution in [0.4, 0.5) is 0 Å². The maximum atomic E-state index is 11.8. The highest BCUT2D eigenvalue weighted by Crippen LogP contribution is 2.15. The first-order valence-electron chi connectivity index (χ1n) is 17.6. The maximum Gasteiger partial charge on any atom is 0.320 e. The second kappa shape index (κ2) is 35.0. The van der Waals surface area contributed by atoms with Crippen molar-refractivity contribution < 1.29 is 18.0 Å². The Labute approximate surface area is 259 Å². The predicted octanol–water partition coefficient (Wildman–Crippen LogP) is 12.7. The van der Waals surface area contributed by atoms with Gasteiger partial charge in [-0.05, 0) is 64.2 Å². The van der Waals surface area contributed by atoms with E-state index < -0.39 is 0 Å². The molecule has 0 aliphatic heterocycles. The minimum atomic E-state index is -0.304. The molecule has 240 valence electrons. The van der Waals surface area contributed by atoms with Gasteiger partial charge in [0.25, 0.3) is 12.3 Å². The molecule has 0 aromatic rings. The summed E-state index contributed by atoms with van der Waals surface area (Å²) in [5.74, 6) is -0.608. The monoisotopic (exact) mass is 594 g/mol. The van der Waals surface area contributed by atoms with Crippen molar-refractivity contribution in [1.82, 2.24) is 0 Å². The fraction of sp³-hybridized carbons (Fsp3) is 0.833. The first-order valence-corrected chi connectivity index (χ1v) is 18.2. The fourth-order valence-electron chi connectivity index (χ4n) is 4.86. The molecule has 4 nitrogen and oxygen atoms in total. The normalized spacial score (nSPS) is 11.6. The van der Waals surface area contributed by atoms with Crippen molar-refractivity contribution in [2.24, 2.45) is 0 Å². The molecule has 0 unspecified atom stereocenters. The van der Waals surface area contributed by atoms with Crippen LogP contribution in [0.25, 0.3) is 0 Å². The van der Waals surface area contributed by atoms with Gasteiger partial charge in [-0.3, -0.25) is 9.59 Å². The molecule has 0 atom stereocenters. The zero-order valence-electron chi connectivity index (χ0n) is 27.1. The summed E-state index contributed by atoms with van der Waals surface area (Å²) in [6, 6.07) is 0. The van der Waals surface area contributed by atoms with Gasteiger partial charge in [-0.25, -0.2) is 0 Å². The zero-order valence-corrected chi connectivity index (χ0v) is 28.0. The van der Waals surface area contributed by atoms with E-state index in [-0.39, 0.29) is 11.9 Å². The third kappa shape index (κ3) is 34.9. The Bertz CT molecular complexity index is 565. The summed E-state index contributed by atoms with van der Waals surface area (Å²) in [5.41, 5.74) is 0. The van der Waals surface area contributed by atoms with Crippen LogP contribution < -0.4 is 0 Å². The Morgan fingerprint density at radius 2 is 0.683 bits per heavy atom. The second-order valence-corrected chi connectivity index (χ2v) is 12.1. The number of unbranched alkanes of at least 4 members (excludes halogenated alkanes) is 22. The van der Waals surface area contributed by atoms with Crippen LogP contribution in [0.15, 0.2) is 24.3 Å². The molecule has 0 aromatic heterocycles. The van der Waals surface area contributed by atoms with Crippen LogP contribution in [0.3, 0.4) is 0 Å². The molecule has 0 heterocycles. The van der Waals surface area contributed by atoms with Crippen molar-refractivity contribution in [1.29, 1.82) is 0 Å². The van der Waals surface area contributed by atoms with Crippen molar-refractivity contribution in [3.63, 3.8) is 0 Å². The second-order valence-electron chi connectivity index (χ2n) is 11.6. The van der Waals surface area contributed by atoms with E-state index in [1.807, 2.05) is 0 Å². The molecular weight excluding hydrogens is 528 g/mol. The van der Waals surface area contributed by atoms with Gasteiger partial charge in [0.05, 0.1) is 0 Å². The van der Waals surface area contributed by atoms with Crippen LogP contribution in [0.2, 0.25) is 0 Å². The molecule has 0 rings (SSSR count). The summed E-state index contributed by atoms with van der Waals surface area (Å²) >= 11 is 0.530. The van der Waals surface area contributed by atoms with Gasteiger partial charge in [-0.1, -0.05) is 141 Å². The first-order chi connectivity index (χ1) is 20.2. The zero-order chi connectivity index (χ0) is 29.9. The Morgan fingerprint density at radius 1 is 0.415 bits per heavy atom. The summed E-state index contributed by atoms with van der Waals surface area (Å²) in [5, 5.41) is 0. The Morgan fingerprint density at radius 3 is 1.00 bits per heavy atom. The molecule has 5 heteroatoms. The Hall–Kier alpha value is -1.23. The van der Waals surface area contributed by atoms with Crippen molar-refractivity contribution in [2.45, 2.75) is 194 Å². The highest BCUT2D eigenvalue weighted by molar-refractivity contribution is 7.90. The van der Waals surface area contributed by atoms with Crippen LogP contribution in [0.5, 0.6) is 0 Å². The van der Waals surface area contributed by atoms with Crippen LogP contribution >= 0.6 is 12.3 Å². The molecule has 41 heavy (non-hydrogen) atoms. The van der Waals surface area contributed by atoms with Crippen LogP contribution in [-0.2, 0) is 18.0 Å². The Kier molecular flexibility index (Phi) is 33.9. The molecule has 0 amide bonds. The van der Waals surface area contributed by atoms with Gasteiger partial charge in [0.15, 0.2) is 0 Å². The molecule has 0 aliphatic carbocycles. The molecule has 0 aliphatic rings. The lowest BCUT2D eigenvalue weighted by Gasteiger charge is -2.03. The number of rotatable bonds is 32. The SMILES string of the molecule is CCCCCCCC/C=C\CCCCCCCC(=O)OSOC(=O)CCCCCCC/C=C\CCCCCCCC. The van der Waals surface area contributed by atoms with Crippen LogP contribution in [-0.4, -0.2) is 11.9 Å². The number of carbonyl (C=O) groups is 2. The molecule has 0 saturated heterocycles. The summed E-state index contributed by atoms with van der Waals surface area (Å²) in [4.78, 5) is 23.6. The molecule has 0 fully saturated rings. The third-order valence-electron chi connectivity index (χ3n) is 7.54. The molecular formula is C36H66O4S. The van der Waals surface area contributed by atoms with Gasteiger partial charge >= 0.3 is 11.9 Å². The van der Waals surface area contributed by atoms with Gasteiger partial charge < -0.3 is 8.37 Å². The average Bonchev–Trinajstić information content (AvgIpc) is 2.97. The van der Waals surface area contributed by atoms with Crippen LogP contribution in [0, 0.1) is 0 Å². The van der Waals surface area contributed by atoms with E-state index in [2.05, 4.69) is 38.2 Å². The Balaban J connectivity index is 3.35. The van der Waals surface area contributed by atoms with Crippen molar-refractivity contribution in [3.05, 3.63) is 24.3 Å². The van der Waals surface area contributed by atoms with Gasteiger partial charge in [0, 0.05) is 12.8 Å². The molecule has 0 spiro atoms. The highest BCUT2D eigenvalue weighted by Gasteiger charge is 2.08. The minimum Gasteiger partial charge on any atom is -0.355 e. The summed E-state index contributed by atoms with van der Waals surface area (Å²) < 4.78 is 9.96. The van der Waals surface area contributed by atoms with E-state index in [9.17, 15) is 9.59 Å². The molecule has 0 bridgehead atoms. The number of hydrogen-bond donors (Lipinski definition) is 0. The lowest BCUT2D eigenvalue weighted by atomic mass is 10.1. The first kappa shape index (κ1) is 39.8. The number of carbonyl (C=O) groups excluding carboxylic acids is 2. The van der Waals surface area contributed by atoms with Crippen LogP contribution in [0.1, 0.15) is 194 Å². The quantitative estimate of drug-likeness (QED) is 0.0440. The van der Waals surface area contributed by atoms with Gasteiger partial charge in [-0.15, -0.1) is 0 Å². The third-order valence-corrected chi connectivity index (χ3v) is 8.05. The summed E-state index contributed by atoms with van der Waals surface area (Å²) in [6.07, 6.45) is 42.1. The predicted molar refractivity (Wildman–Crippen MR) is 179 cm³/mol. The fourth-order valence-corrected chi connectivity index (χ4v) is 5.21. The van der Waals surface area contributed by atoms with Gasteiger partial charge in [0.1, 0.15) is 0 Å². The van der Waals surface area contributed by atoms with Crippen molar-refractivity contribution in [2.75, 3.05) is 0 Å². The van der Waals surface area contributed by atoms with Crippen molar-refractivity contribution >= 4 is 24.3 Å². The van der Waals surface area contributed by atoms with E-state index in [4.69, 9.17) is 8.37 Å². The molecule has 0 aromatic carbocycles. The minimum absolute atomic E-state index is 0.304. The lowest BCUT2D eigenvalue weighted by Crippen LogP contribution is -2.03. The number of allylic oxidation sites excluding steroid dienone is 4. The smallest absolute Gasteiger partial charge is 0.320 e. The average molecular weight is 595 g/mol. The maximum absolute atomic E-state index is 11.8. The topological polar surface area (TPSA) is 52.6 Å². The standard InChI is InChI=1S/C36H66O4S/c1-3-5-7-9-11-13-15-17-19-21-23-25-27-29-31-33-35(37)39-41-40-36(38)34-32-30-28-26-24-22-20-18-16-14-12-10-8-6-4-2/h17-20H,3-16,21-34H2,1-2H3/b19-17-,20-18-. The van der Waals surface area contributed by atoms with E-state index in [1.165, 1.54) is 116 Å². The summed E-state index contributed by atoms with van der Waals surface area (Å²) in [6.45, 7) is 4.52. The lowest BCUT2D eigenvalue weighted by molar-refractivity contribution is -0.136. The van der Waals surface area contributed by atoms with E-state index in [1.54, 1.807) is 0 Å². The van der Waals surface area contributed by atoms with E-state index in [0.717, 1.165) is 51.4 Å². The number of hydrogen-bond acceptors (Lipinski definition) is 5. The van der Waals surface area contributed by atoms with E-state index >= 15 is 0 Å². The molecule has 0 radical (unpaired) electrons. The van der Waals surface area contributed by atoms with Gasteiger partial charge in [-0.2, -0.15) is 0 Å². The van der Waals surface area contributed by atoms with Crippen molar-refractivity contribution in [3.8, 4) is 0 Å². The highest BCUT2D eigenvalue weighted by atomic mass is 32.2. The summed E-state index contributed by atoms with van der Waals surface area (Å²) in [7, 11) is 0. The molecule has 0 N–H and O–H groups in total. The molecule has 0 saturated carbocycles. The van der Waals surface area contributed by atoms with E-state index in [0.29, 0.717) is 25.2 Å².